The number of rotatable bonds is 10. The highest BCUT2D eigenvalue weighted by molar-refractivity contribution is 5.76. The fourth-order valence-electron chi connectivity index (χ4n) is 2.99. The van der Waals surface area contributed by atoms with Crippen LogP contribution in [0, 0.1) is 0 Å². The lowest BCUT2D eigenvalue weighted by Gasteiger charge is -2.24. The first-order chi connectivity index (χ1) is 9.29. The molecule has 1 saturated heterocycles. The summed E-state index contributed by atoms with van der Waals surface area (Å²) < 4.78 is 0. The van der Waals surface area contributed by atoms with Crippen LogP contribution < -0.4 is 5.32 Å². The van der Waals surface area contributed by atoms with Gasteiger partial charge < -0.3 is 10.2 Å². The second kappa shape index (κ2) is 10.2. The predicted molar refractivity (Wildman–Crippen MR) is 81.3 cm³/mol. The number of likely N-dealkylation sites (tertiary alicyclic amines) is 1. The molecule has 1 amide bonds. The van der Waals surface area contributed by atoms with Crippen molar-refractivity contribution in [3.63, 3.8) is 0 Å². The summed E-state index contributed by atoms with van der Waals surface area (Å²) in [7, 11) is 1.97. The lowest BCUT2D eigenvalue weighted by atomic mass is 10.1. The maximum absolute atomic E-state index is 12.2. The van der Waals surface area contributed by atoms with E-state index < -0.39 is 0 Å². The molecule has 0 aliphatic carbocycles. The molecule has 0 radical (unpaired) electrons. The molecule has 0 saturated carbocycles. The van der Waals surface area contributed by atoms with Crippen LogP contribution in [0.25, 0.3) is 0 Å². The van der Waals surface area contributed by atoms with E-state index >= 15 is 0 Å². The van der Waals surface area contributed by atoms with Crippen LogP contribution in [-0.2, 0) is 4.79 Å². The molecule has 0 aromatic heterocycles. The zero-order valence-corrected chi connectivity index (χ0v) is 12.9. The number of amides is 1. The lowest BCUT2D eigenvalue weighted by Crippen LogP contribution is -2.40. The van der Waals surface area contributed by atoms with Crippen molar-refractivity contribution in [2.24, 2.45) is 0 Å². The van der Waals surface area contributed by atoms with Gasteiger partial charge in [-0.3, -0.25) is 4.79 Å². The van der Waals surface area contributed by atoms with Crippen molar-refractivity contribution in [1.29, 1.82) is 0 Å². The van der Waals surface area contributed by atoms with Gasteiger partial charge in [0.15, 0.2) is 0 Å². The molecule has 0 aromatic rings. The number of likely N-dealkylation sites (N-methyl/N-ethyl adjacent to an activating group) is 1. The first-order valence-electron chi connectivity index (χ1n) is 8.23. The van der Waals surface area contributed by atoms with E-state index in [0.29, 0.717) is 11.9 Å². The van der Waals surface area contributed by atoms with Gasteiger partial charge in [-0.15, -0.1) is 0 Å². The standard InChI is InChI=1S/C16H32N2O/c1-3-4-5-6-7-8-9-12-16(19)18-13-10-11-15(18)14-17-2/h15,17H,3-14H2,1-2H3. The molecule has 0 spiro atoms. The summed E-state index contributed by atoms with van der Waals surface area (Å²) in [5, 5.41) is 3.20. The summed E-state index contributed by atoms with van der Waals surface area (Å²) in [6.07, 6.45) is 12.1. The van der Waals surface area contributed by atoms with Crippen molar-refractivity contribution < 1.29 is 4.79 Å². The van der Waals surface area contributed by atoms with Gasteiger partial charge in [-0.2, -0.15) is 0 Å². The molecule has 112 valence electrons. The van der Waals surface area contributed by atoms with Gasteiger partial charge >= 0.3 is 0 Å². The second-order valence-electron chi connectivity index (χ2n) is 5.81. The van der Waals surface area contributed by atoms with Crippen LogP contribution in [0.2, 0.25) is 0 Å². The van der Waals surface area contributed by atoms with Gasteiger partial charge in [0.25, 0.3) is 0 Å². The number of carbonyl (C=O) groups is 1. The minimum atomic E-state index is 0.381. The van der Waals surface area contributed by atoms with Gasteiger partial charge in [-0.05, 0) is 26.3 Å². The Morgan fingerprint density at radius 3 is 2.53 bits per heavy atom. The molecule has 1 atom stereocenters. The van der Waals surface area contributed by atoms with Gasteiger partial charge in [-0.1, -0.05) is 45.4 Å². The molecule has 1 heterocycles. The van der Waals surface area contributed by atoms with Crippen LogP contribution in [0.3, 0.4) is 0 Å². The van der Waals surface area contributed by atoms with Crippen molar-refractivity contribution in [3.05, 3.63) is 0 Å². The summed E-state index contributed by atoms with van der Waals surface area (Å²) in [6, 6.07) is 0.446. The van der Waals surface area contributed by atoms with E-state index in [4.69, 9.17) is 0 Å². The predicted octanol–water partition coefficient (Wildman–Crippen LogP) is 3.34. The smallest absolute Gasteiger partial charge is 0.222 e. The molecule has 1 rings (SSSR count). The molecule has 1 fully saturated rings. The molecular weight excluding hydrogens is 236 g/mol. The fourth-order valence-corrected chi connectivity index (χ4v) is 2.99. The van der Waals surface area contributed by atoms with Crippen LogP contribution in [0.1, 0.15) is 71.1 Å². The van der Waals surface area contributed by atoms with E-state index in [9.17, 15) is 4.79 Å². The maximum Gasteiger partial charge on any atom is 0.222 e. The Hall–Kier alpha value is -0.570. The third-order valence-corrected chi connectivity index (χ3v) is 4.13. The highest BCUT2D eigenvalue weighted by Gasteiger charge is 2.27. The average Bonchev–Trinajstić information content (AvgIpc) is 2.86. The van der Waals surface area contributed by atoms with E-state index in [0.717, 1.165) is 25.9 Å². The summed E-state index contributed by atoms with van der Waals surface area (Å²) in [4.78, 5) is 14.3. The normalized spacial score (nSPS) is 19.1. The van der Waals surface area contributed by atoms with Crippen LogP contribution in [0.4, 0.5) is 0 Å². The van der Waals surface area contributed by atoms with E-state index in [2.05, 4.69) is 17.1 Å². The fraction of sp³-hybridized carbons (Fsp3) is 0.938. The van der Waals surface area contributed by atoms with Crippen LogP contribution in [-0.4, -0.2) is 37.0 Å². The number of nitrogens with one attached hydrogen (secondary N) is 1. The molecule has 19 heavy (non-hydrogen) atoms. The van der Waals surface area contributed by atoms with Crippen molar-refractivity contribution in [1.82, 2.24) is 10.2 Å². The Balaban J connectivity index is 2.07. The number of hydrogen-bond donors (Lipinski definition) is 1. The molecule has 0 bridgehead atoms. The molecule has 3 heteroatoms. The quantitative estimate of drug-likeness (QED) is 0.616. The van der Waals surface area contributed by atoms with Gasteiger partial charge in [0.1, 0.15) is 0 Å². The van der Waals surface area contributed by atoms with Crippen LogP contribution in [0.15, 0.2) is 0 Å². The van der Waals surface area contributed by atoms with Crippen LogP contribution in [0.5, 0.6) is 0 Å². The summed E-state index contributed by atoms with van der Waals surface area (Å²) >= 11 is 0. The first-order valence-corrected chi connectivity index (χ1v) is 8.23. The topological polar surface area (TPSA) is 32.3 Å². The summed E-state index contributed by atoms with van der Waals surface area (Å²) in [6.45, 7) is 4.17. The first kappa shape index (κ1) is 16.5. The van der Waals surface area contributed by atoms with Crippen molar-refractivity contribution in [3.8, 4) is 0 Å². The largest absolute Gasteiger partial charge is 0.338 e. The summed E-state index contributed by atoms with van der Waals surface area (Å²) in [5.41, 5.74) is 0. The minimum Gasteiger partial charge on any atom is -0.338 e. The Labute approximate surface area is 119 Å². The molecular formula is C16H32N2O. The maximum atomic E-state index is 12.2. The third-order valence-electron chi connectivity index (χ3n) is 4.13. The van der Waals surface area contributed by atoms with Gasteiger partial charge in [0, 0.05) is 25.6 Å². The zero-order valence-electron chi connectivity index (χ0n) is 12.9. The summed E-state index contributed by atoms with van der Waals surface area (Å²) in [5.74, 6) is 0.381. The number of unbranched alkanes of at least 4 members (excludes halogenated alkanes) is 6. The van der Waals surface area contributed by atoms with E-state index in [1.165, 1.54) is 51.4 Å². The molecule has 1 N–H and O–H groups in total. The monoisotopic (exact) mass is 268 g/mol. The highest BCUT2D eigenvalue weighted by Crippen LogP contribution is 2.19. The molecule has 1 aliphatic heterocycles. The van der Waals surface area contributed by atoms with Crippen LogP contribution >= 0.6 is 0 Å². The lowest BCUT2D eigenvalue weighted by molar-refractivity contribution is -0.132. The molecule has 1 unspecified atom stereocenters. The third kappa shape index (κ3) is 6.42. The average molecular weight is 268 g/mol. The Bertz CT molecular complexity index is 243. The Morgan fingerprint density at radius 2 is 1.84 bits per heavy atom. The van der Waals surface area contributed by atoms with Gasteiger partial charge in [0.2, 0.25) is 5.91 Å². The Morgan fingerprint density at radius 1 is 1.16 bits per heavy atom. The van der Waals surface area contributed by atoms with Crippen molar-refractivity contribution in [2.45, 2.75) is 77.2 Å². The SMILES string of the molecule is CCCCCCCCCC(=O)N1CCCC1CNC. The molecule has 0 aromatic carbocycles. The van der Waals surface area contributed by atoms with Crippen molar-refractivity contribution in [2.75, 3.05) is 20.1 Å². The highest BCUT2D eigenvalue weighted by atomic mass is 16.2. The van der Waals surface area contributed by atoms with E-state index in [-0.39, 0.29) is 0 Å². The second-order valence-corrected chi connectivity index (χ2v) is 5.81. The Kier molecular flexibility index (Phi) is 8.89. The van der Waals surface area contributed by atoms with Gasteiger partial charge in [0.05, 0.1) is 0 Å². The number of hydrogen-bond acceptors (Lipinski definition) is 2. The minimum absolute atomic E-state index is 0.381. The van der Waals surface area contributed by atoms with Gasteiger partial charge in [-0.25, -0.2) is 0 Å². The number of nitrogens with zero attached hydrogens (tertiary/aromatic N) is 1. The molecule has 1 aliphatic rings. The molecule has 3 nitrogen and oxygen atoms in total. The van der Waals surface area contributed by atoms with E-state index in [1.54, 1.807) is 0 Å². The van der Waals surface area contributed by atoms with E-state index in [1.807, 2.05) is 7.05 Å². The van der Waals surface area contributed by atoms with Crippen molar-refractivity contribution >= 4 is 5.91 Å². The number of carbonyl (C=O) groups excluding carboxylic acids is 1. The zero-order chi connectivity index (χ0) is 13.9.